The van der Waals surface area contributed by atoms with Crippen LogP contribution in [0.2, 0.25) is 0 Å². The molecule has 0 aliphatic carbocycles. The summed E-state index contributed by atoms with van der Waals surface area (Å²) in [6.45, 7) is 7.21. The second-order valence-electron chi connectivity index (χ2n) is 5.12. The highest BCUT2D eigenvalue weighted by atomic mass is 16.2. The van der Waals surface area contributed by atoms with E-state index in [0.29, 0.717) is 5.92 Å². The summed E-state index contributed by atoms with van der Waals surface area (Å²) in [5, 5.41) is 4.27. The fourth-order valence-corrected chi connectivity index (χ4v) is 2.00. The Bertz CT molecular complexity index is 412. The first kappa shape index (κ1) is 12.1. The highest BCUT2D eigenvalue weighted by Gasteiger charge is 2.43. The molecule has 5 nitrogen and oxygen atoms in total. The van der Waals surface area contributed by atoms with Crippen LogP contribution in [0.4, 0.5) is 5.69 Å². The zero-order valence-electron chi connectivity index (χ0n) is 10.6. The van der Waals surface area contributed by atoms with Crippen LogP contribution in [0, 0.1) is 5.92 Å². The van der Waals surface area contributed by atoms with Crippen LogP contribution in [-0.2, 0) is 11.3 Å². The highest BCUT2D eigenvalue weighted by Crippen LogP contribution is 2.26. The third-order valence-corrected chi connectivity index (χ3v) is 3.28. The third kappa shape index (κ3) is 2.20. The maximum Gasteiger partial charge on any atom is 0.246 e. The van der Waals surface area contributed by atoms with Gasteiger partial charge in [0.2, 0.25) is 5.91 Å². The molecule has 2 rings (SSSR count). The number of amides is 1. The van der Waals surface area contributed by atoms with Gasteiger partial charge in [0.05, 0.1) is 17.9 Å². The molecule has 1 saturated heterocycles. The predicted octanol–water partition coefficient (Wildman–Crippen LogP) is 0.992. The maximum absolute atomic E-state index is 11.6. The molecule has 0 aromatic carbocycles. The summed E-state index contributed by atoms with van der Waals surface area (Å²) in [4.78, 5) is 13.3. The van der Waals surface area contributed by atoms with Crippen LogP contribution < -0.4 is 10.6 Å². The molecule has 0 radical (unpaired) electrons. The lowest BCUT2D eigenvalue weighted by Crippen LogP contribution is -2.67. The summed E-state index contributed by atoms with van der Waals surface area (Å²) in [7, 11) is 0. The Morgan fingerprint density at radius 3 is 2.82 bits per heavy atom. The minimum Gasteiger partial charge on any atom is -0.318 e. The number of nitrogens with two attached hydrogens (primary N) is 1. The Balaban J connectivity index is 2.01. The molecule has 5 heteroatoms. The molecule has 2 N–H and O–H groups in total. The lowest BCUT2D eigenvalue weighted by Gasteiger charge is -2.42. The van der Waals surface area contributed by atoms with Gasteiger partial charge in [-0.2, -0.15) is 5.10 Å². The minimum atomic E-state index is -0.353. The molecule has 1 aromatic heterocycles. The Labute approximate surface area is 102 Å². The van der Waals surface area contributed by atoms with E-state index in [-0.39, 0.29) is 18.0 Å². The Kier molecular flexibility index (Phi) is 3.19. The number of aryl methyl sites for hydroxylation is 1. The van der Waals surface area contributed by atoms with Crippen molar-refractivity contribution in [3.05, 3.63) is 12.4 Å². The molecule has 2 atom stereocenters. The maximum atomic E-state index is 11.6. The molecule has 1 aliphatic heterocycles. The van der Waals surface area contributed by atoms with Gasteiger partial charge in [0.25, 0.3) is 0 Å². The van der Waals surface area contributed by atoms with Crippen LogP contribution in [0.15, 0.2) is 12.4 Å². The first-order valence-electron chi connectivity index (χ1n) is 6.12. The van der Waals surface area contributed by atoms with Gasteiger partial charge in [-0.3, -0.25) is 9.48 Å². The number of β-lactam (4-membered cyclic amide) rings is 1. The molecule has 0 spiro atoms. The Morgan fingerprint density at radius 1 is 1.53 bits per heavy atom. The van der Waals surface area contributed by atoms with E-state index in [0.717, 1.165) is 18.7 Å². The second kappa shape index (κ2) is 4.49. The van der Waals surface area contributed by atoms with E-state index in [9.17, 15) is 4.79 Å². The molecule has 0 bridgehead atoms. The van der Waals surface area contributed by atoms with E-state index in [1.54, 1.807) is 11.1 Å². The first-order chi connectivity index (χ1) is 8.00. The van der Waals surface area contributed by atoms with Crippen LogP contribution in [-0.4, -0.2) is 27.8 Å². The van der Waals surface area contributed by atoms with Crippen molar-refractivity contribution >= 4 is 11.6 Å². The van der Waals surface area contributed by atoms with Crippen LogP contribution in [0.1, 0.15) is 27.2 Å². The number of carbonyl (C=O) groups is 1. The van der Waals surface area contributed by atoms with E-state index in [1.165, 1.54) is 0 Å². The van der Waals surface area contributed by atoms with Crippen molar-refractivity contribution in [2.75, 3.05) is 4.90 Å². The van der Waals surface area contributed by atoms with Gasteiger partial charge in [0.1, 0.15) is 6.04 Å². The van der Waals surface area contributed by atoms with Gasteiger partial charge in [-0.25, -0.2) is 0 Å². The molecule has 1 amide bonds. The van der Waals surface area contributed by atoms with Gasteiger partial charge >= 0.3 is 0 Å². The number of aromatic nitrogens is 2. The molecular weight excluding hydrogens is 216 g/mol. The zero-order valence-corrected chi connectivity index (χ0v) is 10.6. The van der Waals surface area contributed by atoms with Gasteiger partial charge in [-0.15, -0.1) is 0 Å². The summed E-state index contributed by atoms with van der Waals surface area (Å²) in [5.41, 5.74) is 6.53. The molecule has 94 valence electrons. The van der Waals surface area contributed by atoms with Crippen molar-refractivity contribution < 1.29 is 4.79 Å². The number of rotatable bonds is 4. The van der Waals surface area contributed by atoms with E-state index in [4.69, 9.17) is 5.73 Å². The van der Waals surface area contributed by atoms with E-state index < -0.39 is 0 Å². The zero-order chi connectivity index (χ0) is 12.6. The average molecular weight is 236 g/mol. The fourth-order valence-electron chi connectivity index (χ4n) is 2.00. The summed E-state index contributed by atoms with van der Waals surface area (Å²) < 4.78 is 1.89. The van der Waals surface area contributed by atoms with Crippen LogP contribution in [0.25, 0.3) is 0 Å². The normalized spacial score (nSPS) is 24.3. The number of hydrogen-bond donors (Lipinski definition) is 1. The second-order valence-corrected chi connectivity index (χ2v) is 5.12. The number of hydrogen-bond acceptors (Lipinski definition) is 3. The smallest absolute Gasteiger partial charge is 0.246 e. The molecule has 2 heterocycles. The molecule has 1 aliphatic rings. The lowest BCUT2D eigenvalue weighted by molar-refractivity contribution is -0.125. The number of nitrogens with zero attached hydrogens (tertiary/aromatic N) is 3. The van der Waals surface area contributed by atoms with Crippen molar-refractivity contribution in [1.82, 2.24) is 9.78 Å². The van der Waals surface area contributed by atoms with Crippen LogP contribution in [0.3, 0.4) is 0 Å². The van der Waals surface area contributed by atoms with Gasteiger partial charge in [-0.05, 0) is 19.3 Å². The van der Waals surface area contributed by atoms with Crippen molar-refractivity contribution in [2.45, 2.75) is 45.8 Å². The van der Waals surface area contributed by atoms with Crippen molar-refractivity contribution in [3.8, 4) is 0 Å². The first-order valence-corrected chi connectivity index (χ1v) is 6.12. The summed E-state index contributed by atoms with van der Waals surface area (Å²) in [5.74, 6) is 0.640. The largest absolute Gasteiger partial charge is 0.318 e. The fraction of sp³-hybridized carbons (Fsp3) is 0.667. The molecule has 1 fully saturated rings. The van der Waals surface area contributed by atoms with E-state index >= 15 is 0 Å². The SMILES string of the molecule is CC(C)CCn1cc(N2C(=O)[C@H](N)[C@H]2C)cn1. The monoisotopic (exact) mass is 236 g/mol. The topological polar surface area (TPSA) is 64.2 Å². The van der Waals surface area contributed by atoms with Crippen LogP contribution in [0.5, 0.6) is 0 Å². The Hall–Kier alpha value is -1.36. The van der Waals surface area contributed by atoms with Crippen molar-refractivity contribution in [2.24, 2.45) is 11.7 Å². The van der Waals surface area contributed by atoms with Crippen LogP contribution >= 0.6 is 0 Å². The molecular formula is C12H20N4O. The molecule has 1 aromatic rings. The quantitative estimate of drug-likeness (QED) is 0.793. The third-order valence-electron chi connectivity index (χ3n) is 3.28. The van der Waals surface area contributed by atoms with E-state index in [1.807, 2.05) is 17.8 Å². The van der Waals surface area contributed by atoms with Gasteiger partial charge in [0, 0.05) is 12.7 Å². The number of anilines is 1. The molecule has 0 unspecified atom stereocenters. The predicted molar refractivity (Wildman–Crippen MR) is 66.6 cm³/mol. The van der Waals surface area contributed by atoms with Crippen molar-refractivity contribution in [1.29, 1.82) is 0 Å². The standard InChI is InChI=1S/C12H20N4O/c1-8(2)4-5-15-7-10(6-14-15)16-9(3)11(13)12(16)17/h6-9,11H,4-5,13H2,1-3H3/t9-,11-/m1/s1. The van der Waals surface area contributed by atoms with Gasteiger partial charge < -0.3 is 10.6 Å². The molecule has 0 saturated carbocycles. The number of carbonyl (C=O) groups excluding carboxylic acids is 1. The Morgan fingerprint density at radius 2 is 2.24 bits per heavy atom. The van der Waals surface area contributed by atoms with Crippen molar-refractivity contribution in [3.63, 3.8) is 0 Å². The minimum absolute atomic E-state index is 0.0130. The molecule has 17 heavy (non-hydrogen) atoms. The van der Waals surface area contributed by atoms with Gasteiger partial charge in [-0.1, -0.05) is 13.8 Å². The summed E-state index contributed by atoms with van der Waals surface area (Å²) in [6, 6.07) is -0.278. The highest BCUT2D eigenvalue weighted by molar-refractivity contribution is 6.05. The summed E-state index contributed by atoms with van der Waals surface area (Å²) in [6.07, 6.45) is 4.74. The summed E-state index contributed by atoms with van der Waals surface area (Å²) >= 11 is 0. The average Bonchev–Trinajstić information content (AvgIpc) is 2.74. The van der Waals surface area contributed by atoms with Gasteiger partial charge in [0.15, 0.2) is 0 Å². The van der Waals surface area contributed by atoms with E-state index in [2.05, 4.69) is 18.9 Å². The lowest BCUT2D eigenvalue weighted by atomic mass is 9.97.